The van der Waals surface area contributed by atoms with Crippen molar-refractivity contribution in [2.24, 2.45) is 0 Å². The molecule has 30 heavy (non-hydrogen) atoms. The molecule has 5 nitrogen and oxygen atoms in total. The summed E-state index contributed by atoms with van der Waals surface area (Å²) in [5.74, 6) is 0.733. The molecule has 1 saturated heterocycles. The lowest BCUT2D eigenvalue weighted by Gasteiger charge is -2.35. The first kappa shape index (κ1) is 20.3. The summed E-state index contributed by atoms with van der Waals surface area (Å²) in [6.45, 7) is 1.35. The summed E-state index contributed by atoms with van der Waals surface area (Å²) in [6, 6.07) is 12.9. The molecule has 0 aliphatic carbocycles. The third-order valence-electron chi connectivity index (χ3n) is 5.37. The highest BCUT2D eigenvalue weighted by Gasteiger charge is 2.30. The predicted octanol–water partition coefficient (Wildman–Crippen LogP) is 4.30. The van der Waals surface area contributed by atoms with Gasteiger partial charge in [-0.15, -0.1) is 0 Å². The van der Waals surface area contributed by atoms with Gasteiger partial charge in [-0.05, 0) is 49.2 Å². The summed E-state index contributed by atoms with van der Waals surface area (Å²) in [5, 5.41) is 3.06. The number of imidazole rings is 1. The quantitative estimate of drug-likeness (QED) is 0.652. The van der Waals surface area contributed by atoms with Crippen LogP contribution in [0.25, 0.3) is 11.0 Å². The number of nitrogens with one attached hydrogen (secondary N) is 2. The van der Waals surface area contributed by atoms with Gasteiger partial charge in [0.2, 0.25) is 5.91 Å². The van der Waals surface area contributed by atoms with Crippen LogP contribution in [0, 0.1) is 0 Å². The molecule has 3 aromatic rings. The van der Waals surface area contributed by atoms with E-state index in [1.807, 2.05) is 29.2 Å². The Morgan fingerprint density at radius 2 is 1.93 bits per heavy atom. The number of piperidine rings is 1. The van der Waals surface area contributed by atoms with Crippen molar-refractivity contribution in [1.82, 2.24) is 15.3 Å². The number of carbonyl (C=O) groups is 1. The number of rotatable bonds is 5. The van der Waals surface area contributed by atoms with Crippen LogP contribution in [-0.2, 0) is 17.4 Å². The number of hydrogen-bond acceptors (Lipinski definition) is 3. The molecule has 2 N–H and O–H groups in total. The Hall–Kier alpha value is -3.03. The minimum absolute atomic E-state index is 0.0239. The second-order valence-electron chi connectivity index (χ2n) is 7.60. The summed E-state index contributed by atoms with van der Waals surface area (Å²) in [5.41, 5.74) is 1.92. The largest absolute Gasteiger partial charge is 0.416 e. The Labute approximate surface area is 172 Å². The van der Waals surface area contributed by atoms with E-state index in [1.165, 1.54) is 12.1 Å². The summed E-state index contributed by atoms with van der Waals surface area (Å²) in [6.07, 6.45) is -1.76. The number of amides is 1. The van der Waals surface area contributed by atoms with E-state index in [1.54, 1.807) is 0 Å². The number of benzene rings is 2. The van der Waals surface area contributed by atoms with Gasteiger partial charge in [0.05, 0.1) is 16.6 Å². The zero-order chi connectivity index (χ0) is 21.1. The molecule has 0 saturated carbocycles. The maximum Gasteiger partial charge on any atom is 0.416 e. The molecule has 0 spiro atoms. The van der Waals surface area contributed by atoms with E-state index in [4.69, 9.17) is 0 Å². The number of fused-ring (bicyclic) bond motifs is 1. The molecule has 158 valence electrons. The number of aromatic nitrogens is 2. The topological polar surface area (TPSA) is 61.0 Å². The van der Waals surface area contributed by atoms with Gasteiger partial charge in [0, 0.05) is 37.7 Å². The second-order valence-corrected chi connectivity index (χ2v) is 7.60. The second kappa shape index (κ2) is 8.38. The zero-order valence-corrected chi connectivity index (χ0v) is 16.4. The number of para-hydroxylation sites is 2. The first-order valence-corrected chi connectivity index (χ1v) is 10.0. The lowest BCUT2D eigenvalue weighted by atomic mass is 10.0. The Kier molecular flexibility index (Phi) is 5.65. The minimum Gasteiger partial charge on any atom is -0.369 e. The maximum absolute atomic E-state index is 12.8. The Morgan fingerprint density at radius 1 is 1.17 bits per heavy atom. The Balaban J connectivity index is 1.30. The fraction of sp³-hybridized carbons (Fsp3) is 0.364. The van der Waals surface area contributed by atoms with E-state index < -0.39 is 11.7 Å². The molecule has 1 aliphatic rings. The Morgan fingerprint density at radius 3 is 2.67 bits per heavy atom. The smallest absolute Gasteiger partial charge is 0.369 e. The highest BCUT2D eigenvalue weighted by atomic mass is 19.4. The van der Waals surface area contributed by atoms with Gasteiger partial charge in [-0.3, -0.25) is 4.79 Å². The van der Waals surface area contributed by atoms with Crippen LogP contribution in [0.2, 0.25) is 0 Å². The maximum atomic E-state index is 12.8. The van der Waals surface area contributed by atoms with Gasteiger partial charge in [0.1, 0.15) is 5.82 Å². The van der Waals surface area contributed by atoms with Crippen LogP contribution in [0.1, 0.15) is 30.7 Å². The van der Waals surface area contributed by atoms with E-state index in [2.05, 4.69) is 15.3 Å². The molecule has 0 bridgehead atoms. The molecule has 4 rings (SSSR count). The number of hydrogen-bond donors (Lipinski definition) is 2. The minimum atomic E-state index is -4.34. The van der Waals surface area contributed by atoms with Crippen molar-refractivity contribution in [3.8, 4) is 0 Å². The van der Waals surface area contributed by atoms with Crippen LogP contribution in [0.3, 0.4) is 0 Å². The summed E-state index contributed by atoms with van der Waals surface area (Å²) < 4.78 is 38.3. The van der Waals surface area contributed by atoms with Crippen LogP contribution in [-0.4, -0.2) is 35.0 Å². The monoisotopic (exact) mass is 416 g/mol. The number of aryl methyl sites for hydroxylation is 1. The van der Waals surface area contributed by atoms with Gasteiger partial charge < -0.3 is 15.2 Å². The van der Waals surface area contributed by atoms with Crippen LogP contribution in [0.5, 0.6) is 0 Å². The van der Waals surface area contributed by atoms with Gasteiger partial charge in [-0.2, -0.15) is 13.2 Å². The van der Waals surface area contributed by atoms with Crippen LogP contribution < -0.4 is 10.2 Å². The molecular formula is C22H23F3N4O. The van der Waals surface area contributed by atoms with Gasteiger partial charge in [0.25, 0.3) is 0 Å². The van der Waals surface area contributed by atoms with E-state index in [-0.39, 0.29) is 11.9 Å². The van der Waals surface area contributed by atoms with Gasteiger partial charge in [0.15, 0.2) is 0 Å². The average Bonchev–Trinajstić information content (AvgIpc) is 3.15. The van der Waals surface area contributed by atoms with E-state index >= 15 is 0 Å². The molecule has 0 radical (unpaired) electrons. The molecule has 2 heterocycles. The SMILES string of the molecule is O=C(CCc1nc2ccccc2[nH]1)N[C@@H]1CCCN(c2ccc(C(F)(F)F)cc2)C1. The molecule has 1 aliphatic heterocycles. The highest BCUT2D eigenvalue weighted by molar-refractivity contribution is 5.77. The first-order valence-electron chi connectivity index (χ1n) is 10.0. The Bertz CT molecular complexity index is 980. The number of anilines is 1. The molecule has 1 atom stereocenters. The third kappa shape index (κ3) is 4.75. The third-order valence-corrected chi connectivity index (χ3v) is 5.37. The number of carbonyl (C=O) groups excluding carboxylic acids is 1. The number of aromatic amines is 1. The molecule has 2 aromatic carbocycles. The van der Waals surface area contributed by atoms with Crippen molar-refractivity contribution in [1.29, 1.82) is 0 Å². The molecule has 1 fully saturated rings. The standard InChI is InChI=1S/C22H23F3N4O/c23-22(24,25)15-7-9-17(10-8-15)29-13-3-4-16(14-29)26-21(30)12-11-20-27-18-5-1-2-6-19(18)28-20/h1-2,5-10,16H,3-4,11-14H2,(H,26,30)(H,27,28)/t16-/m1/s1. The van der Waals surface area contributed by atoms with Crippen molar-refractivity contribution in [3.63, 3.8) is 0 Å². The molecule has 8 heteroatoms. The molecule has 0 unspecified atom stereocenters. The van der Waals surface area contributed by atoms with Crippen molar-refractivity contribution in [2.45, 2.75) is 37.9 Å². The fourth-order valence-corrected chi connectivity index (χ4v) is 3.85. The molecule has 1 amide bonds. The number of halogens is 3. The number of nitrogens with zero attached hydrogens (tertiary/aromatic N) is 2. The van der Waals surface area contributed by atoms with Crippen molar-refractivity contribution < 1.29 is 18.0 Å². The van der Waals surface area contributed by atoms with Crippen molar-refractivity contribution in [3.05, 3.63) is 59.9 Å². The van der Waals surface area contributed by atoms with Crippen LogP contribution in [0.15, 0.2) is 48.5 Å². The lowest BCUT2D eigenvalue weighted by Crippen LogP contribution is -2.47. The van der Waals surface area contributed by atoms with E-state index in [9.17, 15) is 18.0 Å². The number of alkyl halides is 3. The lowest BCUT2D eigenvalue weighted by molar-refractivity contribution is -0.137. The van der Waals surface area contributed by atoms with E-state index in [0.717, 1.165) is 54.1 Å². The fourth-order valence-electron chi connectivity index (χ4n) is 3.85. The predicted molar refractivity (Wildman–Crippen MR) is 109 cm³/mol. The van der Waals surface area contributed by atoms with E-state index in [0.29, 0.717) is 19.4 Å². The zero-order valence-electron chi connectivity index (χ0n) is 16.4. The van der Waals surface area contributed by atoms with Crippen LogP contribution >= 0.6 is 0 Å². The highest BCUT2D eigenvalue weighted by Crippen LogP contribution is 2.31. The van der Waals surface area contributed by atoms with Crippen LogP contribution in [0.4, 0.5) is 18.9 Å². The van der Waals surface area contributed by atoms with Crippen molar-refractivity contribution >= 4 is 22.6 Å². The summed E-state index contributed by atoms with van der Waals surface area (Å²) in [7, 11) is 0. The summed E-state index contributed by atoms with van der Waals surface area (Å²) >= 11 is 0. The first-order chi connectivity index (χ1) is 14.4. The normalized spacial score (nSPS) is 17.3. The molecular weight excluding hydrogens is 393 g/mol. The average molecular weight is 416 g/mol. The molecule has 1 aromatic heterocycles. The summed E-state index contributed by atoms with van der Waals surface area (Å²) in [4.78, 5) is 22.1. The number of H-pyrrole nitrogens is 1. The van der Waals surface area contributed by atoms with Crippen molar-refractivity contribution in [2.75, 3.05) is 18.0 Å². The van der Waals surface area contributed by atoms with Gasteiger partial charge >= 0.3 is 6.18 Å². The van der Waals surface area contributed by atoms with Gasteiger partial charge in [-0.1, -0.05) is 12.1 Å². The van der Waals surface area contributed by atoms with Gasteiger partial charge in [-0.25, -0.2) is 4.98 Å².